The normalized spacial score (nSPS) is 14.9. The minimum atomic E-state index is -0.809. The van der Waals surface area contributed by atoms with Crippen LogP contribution in [-0.2, 0) is 17.8 Å². The van der Waals surface area contributed by atoms with Crippen molar-refractivity contribution in [1.82, 2.24) is 14.9 Å². The third-order valence-corrected chi connectivity index (χ3v) is 7.22. The second-order valence-electron chi connectivity index (χ2n) is 9.56. The van der Waals surface area contributed by atoms with Gasteiger partial charge in [-0.2, -0.15) is 0 Å². The Balaban J connectivity index is 1.32. The molecule has 1 aliphatic heterocycles. The van der Waals surface area contributed by atoms with Gasteiger partial charge in [0.15, 0.2) is 5.78 Å². The van der Waals surface area contributed by atoms with Crippen LogP contribution in [0.4, 0.5) is 5.69 Å². The third-order valence-electron chi connectivity index (χ3n) is 6.98. The molecule has 7 nitrogen and oxygen atoms in total. The minimum Gasteiger partial charge on any atom is -0.323 e. The summed E-state index contributed by atoms with van der Waals surface area (Å²) < 4.78 is 0. The fourth-order valence-corrected chi connectivity index (χ4v) is 5.14. The molecule has 0 radical (unpaired) electrons. The molecule has 3 aromatic carbocycles. The summed E-state index contributed by atoms with van der Waals surface area (Å²) in [5.41, 5.74) is 3.88. The molecule has 8 heteroatoms. The van der Waals surface area contributed by atoms with Crippen molar-refractivity contribution in [3.8, 4) is 0 Å². The molecule has 1 atom stereocenters. The number of pyridine rings is 2. The summed E-state index contributed by atoms with van der Waals surface area (Å²) in [5.74, 6) is -0.761. The fourth-order valence-electron chi connectivity index (χ4n) is 4.96. The number of carbonyl (C=O) groups is 3. The highest BCUT2D eigenvalue weighted by molar-refractivity contribution is 6.31. The summed E-state index contributed by atoms with van der Waals surface area (Å²) in [5, 5.41) is 4.18. The average molecular weight is 547 g/mol. The van der Waals surface area contributed by atoms with Gasteiger partial charge in [-0.15, -0.1) is 0 Å². The van der Waals surface area contributed by atoms with Gasteiger partial charge in [0.05, 0.1) is 16.8 Å². The maximum absolute atomic E-state index is 13.8. The van der Waals surface area contributed by atoms with E-state index in [1.165, 1.54) is 0 Å². The molecule has 2 amide bonds. The molecule has 1 unspecified atom stereocenters. The summed E-state index contributed by atoms with van der Waals surface area (Å²) in [6.07, 6.45) is 3.57. The molecule has 0 spiro atoms. The number of halogens is 1. The first kappa shape index (κ1) is 25.4. The smallest absolute Gasteiger partial charge is 0.256 e. The number of para-hydroxylation sites is 1. The van der Waals surface area contributed by atoms with E-state index >= 15 is 0 Å². The maximum Gasteiger partial charge on any atom is 0.256 e. The molecule has 0 fully saturated rings. The van der Waals surface area contributed by atoms with Crippen molar-refractivity contribution in [3.63, 3.8) is 0 Å². The highest BCUT2D eigenvalue weighted by Gasteiger charge is 2.36. The topological polar surface area (TPSA) is 92.3 Å². The van der Waals surface area contributed by atoms with Crippen molar-refractivity contribution in [1.29, 1.82) is 0 Å². The first-order valence-corrected chi connectivity index (χ1v) is 13.1. The van der Waals surface area contributed by atoms with Gasteiger partial charge < -0.3 is 10.2 Å². The predicted octanol–water partition coefficient (Wildman–Crippen LogP) is 5.72. The minimum absolute atomic E-state index is 0.139. The van der Waals surface area contributed by atoms with E-state index in [1.807, 2.05) is 48.5 Å². The number of hydrogen-bond acceptors (Lipinski definition) is 5. The third kappa shape index (κ3) is 4.95. The molecule has 1 aliphatic rings. The molecule has 3 heterocycles. The second-order valence-corrected chi connectivity index (χ2v) is 10.00. The Morgan fingerprint density at radius 1 is 0.875 bits per heavy atom. The Hall–Kier alpha value is -4.88. The van der Waals surface area contributed by atoms with Crippen molar-refractivity contribution < 1.29 is 14.4 Å². The number of amides is 2. The number of hydrogen-bond donors (Lipinski definition) is 1. The number of anilines is 1. The Morgan fingerprint density at radius 2 is 1.68 bits per heavy atom. The zero-order valence-electron chi connectivity index (χ0n) is 21.3. The molecule has 5 aromatic rings. The van der Waals surface area contributed by atoms with Gasteiger partial charge in [0.2, 0.25) is 5.91 Å². The van der Waals surface area contributed by atoms with Crippen molar-refractivity contribution in [2.45, 2.75) is 19.0 Å². The number of aromatic nitrogens is 2. The summed E-state index contributed by atoms with van der Waals surface area (Å²) in [6, 6.07) is 25.9. The van der Waals surface area contributed by atoms with Crippen LogP contribution in [0.15, 0.2) is 103 Å². The Labute approximate surface area is 235 Å². The van der Waals surface area contributed by atoms with Crippen LogP contribution in [-0.4, -0.2) is 38.5 Å². The molecule has 2 aromatic heterocycles. The van der Waals surface area contributed by atoms with Crippen molar-refractivity contribution in [2.24, 2.45) is 0 Å². The molecule has 40 heavy (non-hydrogen) atoms. The van der Waals surface area contributed by atoms with E-state index in [0.717, 1.165) is 10.9 Å². The van der Waals surface area contributed by atoms with Crippen LogP contribution in [0.2, 0.25) is 5.02 Å². The molecule has 0 saturated carbocycles. The van der Waals surface area contributed by atoms with E-state index in [0.29, 0.717) is 38.6 Å². The first-order valence-electron chi connectivity index (χ1n) is 12.8. The number of nitrogens with one attached hydrogen (secondary N) is 1. The molecule has 196 valence electrons. The summed E-state index contributed by atoms with van der Waals surface area (Å²) >= 11 is 6.16. The molecule has 0 bridgehead atoms. The lowest BCUT2D eigenvalue weighted by Crippen LogP contribution is -2.46. The number of carbonyl (C=O) groups excluding carboxylic acids is 3. The van der Waals surface area contributed by atoms with Crippen LogP contribution in [0.5, 0.6) is 0 Å². The van der Waals surface area contributed by atoms with Gasteiger partial charge in [-0.3, -0.25) is 24.4 Å². The van der Waals surface area contributed by atoms with Crippen molar-refractivity contribution >= 4 is 45.8 Å². The SMILES string of the molecule is O=C(c1ccc(CN2C(=O)c3ccc(Cl)cc3NC(=O)C2Cc2ccccn2)cc1)c1cccc2cccnc12. The average Bonchev–Trinajstić information content (AvgIpc) is 3.07. The van der Waals surface area contributed by atoms with Crippen molar-refractivity contribution in [3.05, 3.63) is 136 Å². The highest BCUT2D eigenvalue weighted by Crippen LogP contribution is 2.29. The molecule has 0 aliphatic carbocycles. The maximum atomic E-state index is 13.8. The number of rotatable bonds is 6. The van der Waals surface area contributed by atoms with E-state index in [-0.39, 0.29) is 30.6 Å². The number of ketones is 1. The molecular weight excluding hydrogens is 524 g/mol. The van der Waals surface area contributed by atoms with Gasteiger partial charge in [0.25, 0.3) is 5.91 Å². The van der Waals surface area contributed by atoms with Gasteiger partial charge >= 0.3 is 0 Å². The summed E-state index contributed by atoms with van der Waals surface area (Å²) in [6.45, 7) is 0.163. The zero-order valence-corrected chi connectivity index (χ0v) is 22.0. The Kier molecular flexibility index (Phi) is 6.80. The van der Waals surface area contributed by atoms with Gasteiger partial charge in [-0.25, -0.2) is 0 Å². The van der Waals surface area contributed by atoms with Crippen LogP contribution >= 0.6 is 11.6 Å². The lowest BCUT2D eigenvalue weighted by Gasteiger charge is -2.28. The first-order chi connectivity index (χ1) is 19.5. The fraction of sp³-hybridized carbons (Fsp3) is 0.0938. The van der Waals surface area contributed by atoms with E-state index < -0.39 is 6.04 Å². The van der Waals surface area contributed by atoms with Gasteiger partial charge in [0, 0.05) is 52.6 Å². The van der Waals surface area contributed by atoms with Gasteiger partial charge in [-0.1, -0.05) is 60.1 Å². The molecular formula is C32H23ClN4O3. The second kappa shape index (κ2) is 10.7. The van der Waals surface area contributed by atoms with Crippen molar-refractivity contribution in [2.75, 3.05) is 5.32 Å². The van der Waals surface area contributed by atoms with E-state index in [1.54, 1.807) is 59.8 Å². The standard InChI is InChI=1S/C32H23ClN4O3/c33-23-13-14-25-27(17-23)36-31(39)28(18-24-7-1-2-15-34-24)37(32(25)40)19-20-9-11-22(12-10-20)30(38)26-8-3-5-21-6-4-16-35-29(21)26/h1-17,28H,18-19H2,(H,36,39). The quantitative estimate of drug-likeness (QED) is 0.275. The summed E-state index contributed by atoms with van der Waals surface area (Å²) in [4.78, 5) is 50.9. The van der Waals surface area contributed by atoms with E-state index in [4.69, 9.17) is 11.6 Å². The lowest BCUT2D eigenvalue weighted by atomic mass is 9.99. The highest BCUT2D eigenvalue weighted by atomic mass is 35.5. The molecule has 0 saturated heterocycles. The zero-order chi connectivity index (χ0) is 27.6. The van der Waals surface area contributed by atoms with Crippen LogP contribution in [0.25, 0.3) is 10.9 Å². The lowest BCUT2D eigenvalue weighted by molar-refractivity contribution is -0.120. The largest absolute Gasteiger partial charge is 0.323 e. The van der Waals surface area contributed by atoms with E-state index in [9.17, 15) is 14.4 Å². The van der Waals surface area contributed by atoms with Gasteiger partial charge in [0.1, 0.15) is 6.04 Å². The number of fused-ring (bicyclic) bond motifs is 2. The molecule has 6 rings (SSSR count). The van der Waals surface area contributed by atoms with Crippen LogP contribution < -0.4 is 5.32 Å². The van der Waals surface area contributed by atoms with Gasteiger partial charge in [-0.05, 0) is 48.0 Å². The van der Waals surface area contributed by atoms with Crippen LogP contribution in [0, 0.1) is 0 Å². The Bertz CT molecular complexity index is 1750. The molecule has 1 N–H and O–H groups in total. The Morgan fingerprint density at radius 3 is 2.48 bits per heavy atom. The summed E-state index contributed by atoms with van der Waals surface area (Å²) in [7, 11) is 0. The van der Waals surface area contributed by atoms with E-state index in [2.05, 4.69) is 15.3 Å². The van der Waals surface area contributed by atoms with Crippen LogP contribution in [0.1, 0.15) is 37.5 Å². The predicted molar refractivity (Wildman–Crippen MR) is 153 cm³/mol. The van der Waals surface area contributed by atoms with Crippen LogP contribution in [0.3, 0.4) is 0 Å². The monoisotopic (exact) mass is 546 g/mol. The number of benzene rings is 3. The number of nitrogens with zero attached hydrogens (tertiary/aromatic N) is 3.